The first-order chi connectivity index (χ1) is 9.17. The van der Waals surface area contributed by atoms with Crippen LogP contribution in [0.5, 0.6) is 0 Å². The van der Waals surface area contributed by atoms with Crippen LogP contribution in [0.3, 0.4) is 0 Å². The lowest BCUT2D eigenvalue weighted by Gasteiger charge is -2.17. The molecule has 2 N–H and O–H groups in total. The molecule has 1 unspecified atom stereocenters. The molecule has 110 valence electrons. The van der Waals surface area contributed by atoms with E-state index in [1.54, 1.807) is 4.90 Å². The number of aliphatic hydroxyl groups is 1. The summed E-state index contributed by atoms with van der Waals surface area (Å²) >= 11 is 1.32. The lowest BCUT2D eigenvalue weighted by Crippen LogP contribution is -2.33. The Bertz CT molecular complexity index is 294. The zero-order valence-electron chi connectivity index (χ0n) is 11.6. The number of hydrogen-bond donors (Lipinski definition) is 2. The van der Waals surface area contributed by atoms with Crippen molar-refractivity contribution < 1.29 is 14.7 Å². The molecule has 5 nitrogen and oxygen atoms in total. The summed E-state index contributed by atoms with van der Waals surface area (Å²) in [5.74, 6) is 1.17. The molecule has 1 saturated heterocycles. The van der Waals surface area contributed by atoms with Gasteiger partial charge in [-0.05, 0) is 18.8 Å². The van der Waals surface area contributed by atoms with Gasteiger partial charge >= 0.3 is 0 Å². The van der Waals surface area contributed by atoms with Crippen LogP contribution in [0.2, 0.25) is 0 Å². The molecular weight excluding hydrogens is 264 g/mol. The van der Waals surface area contributed by atoms with Crippen molar-refractivity contribution in [1.82, 2.24) is 10.2 Å². The summed E-state index contributed by atoms with van der Waals surface area (Å²) in [6.07, 6.45) is 3.17. The molecule has 6 heteroatoms. The number of rotatable bonds is 9. The Balaban J connectivity index is 2.17. The average Bonchev–Trinajstić information content (AvgIpc) is 2.79. The van der Waals surface area contributed by atoms with Gasteiger partial charge in [0.15, 0.2) is 0 Å². The third-order valence-corrected chi connectivity index (χ3v) is 4.17. The summed E-state index contributed by atoms with van der Waals surface area (Å²) < 4.78 is 0. The molecule has 0 aliphatic carbocycles. The van der Waals surface area contributed by atoms with Crippen molar-refractivity contribution in [3.05, 3.63) is 0 Å². The molecule has 0 aromatic rings. The van der Waals surface area contributed by atoms with Gasteiger partial charge in [0.2, 0.25) is 5.91 Å². The Hall–Kier alpha value is -0.750. The third kappa shape index (κ3) is 6.29. The van der Waals surface area contributed by atoms with Gasteiger partial charge in [-0.2, -0.15) is 0 Å². The van der Waals surface area contributed by atoms with Crippen molar-refractivity contribution in [1.29, 1.82) is 0 Å². The Morgan fingerprint density at radius 3 is 2.89 bits per heavy atom. The molecule has 2 amide bonds. The maximum absolute atomic E-state index is 11.7. The van der Waals surface area contributed by atoms with Crippen LogP contribution in [0, 0.1) is 5.92 Å². The Labute approximate surface area is 119 Å². The van der Waals surface area contributed by atoms with Crippen molar-refractivity contribution in [3.8, 4) is 0 Å². The second-order valence-electron chi connectivity index (χ2n) is 4.82. The highest BCUT2D eigenvalue weighted by Crippen LogP contribution is 2.17. The van der Waals surface area contributed by atoms with Crippen LogP contribution in [0.1, 0.15) is 32.6 Å². The van der Waals surface area contributed by atoms with Crippen molar-refractivity contribution in [2.45, 2.75) is 32.6 Å². The lowest BCUT2D eigenvalue weighted by atomic mass is 10.0. The second kappa shape index (κ2) is 9.20. The van der Waals surface area contributed by atoms with Gasteiger partial charge in [0.25, 0.3) is 5.24 Å². The first kappa shape index (κ1) is 16.3. The van der Waals surface area contributed by atoms with Gasteiger partial charge in [0, 0.05) is 38.4 Å². The summed E-state index contributed by atoms with van der Waals surface area (Å²) in [5, 5.41) is 11.9. The summed E-state index contributed by atoms with van der Waals surface area (Å²) in [7, 11) is 0. The van der Waals surface area contributed by atoms with Crippen LogP contribution < -0.4 is 5.32 Å². The van der Waals surface area contributed by atoms with Crippen LogP contribution in [0.25, 0.3) is 0 Å². The van der Waals surface area contributed by atoms with Gasteiger partial charge in [-0.1, -0.05) is 25.1 Å². The molecule has 1 aliphatic heterocycles. The highest BCUT2D eigenvalue weighted by atomic mass is 32.2. The summed E-state index contributed by atoms with van der Waals surface area (Å²) in [6.45, 7) is 4.15. The minimum absolute atomic E-state index is 0.0104. The SMILES string of the molecule is CCCC(CCO)CNC(=O)CCN1CCSC1=O. The lowest BCUT2D eigenvalue weighted by molar-refractivity contribution is -0.121. The fourth-order valence-electron chi connectivity index (χ4n) is 2.15. The molecule has 1 rings (SSSR count). The van der Waals surface area contributed by atoms with E-state index in [0.717, 1.165) is 31.6 Å². The number of hydrogen-bond acceptors (Lipinski definition) is 4. The van der Waals surface area contributed by atoms with Crippen LogP contribution in [0.4, 0.5) is 4.79 Å². The fourth-order valence-corrected chi connectivity index (χ4v) is 3.00. The second-order valence-corrected chi connectivity index (χ2v) is 5.87. The predicted octanol–water partition coefficient (Wildman–Crippen LogP) is 1.46. The summed E-state index contributed by atoms with van der Waals surface area (Å²) in [6, 6.07) is 0. The topological polar surface area (TPSA) is 69.6 Å². The molecule has 19 heavy (non-hydrogen) atoms. The number of aliphatic hydroxyl groups excluding tert-OH is 1. The molecule has 1 fully saturated rings. The van der Waals surface area contributed by atoms with E-state index >= 15 is 0 Å². The van der Waals surface area contributed by atoms with E-state index in [2.05, 4.69) is 12.2 Å². The Morgan fingerprint density at radius 2 is 2.32 bits per heavy atom. The largest absolute Gasteiger partial charge is 0.396 e. The van der Waals surface area contributed by atoms with Gasteiger partial charge < -0.3 is 15.3 Å². The molecule has 0 radical (unpaired) electrons. The molecule has 0 aromatic heterocycles. The zero-order valence-corrected chi connectivity index (χ0v) is 12.4. The number of carbonyl (C=O) groups is 2. The first-order valence-corrected chi connectivity index (χ1v) is 7.95. The molecule has 0 aromatic carbocycles. The number of thioether (sulfide) groups is 1. The quantitative estimate of drug-likeness (QED) is 0.674. The molecule has 0 spiro atoms. The van der Waals surface area contributed by atoms with Crippen molar-refractivity contribution >= 4 is 22.9 Å². The highest BCUT2D eigenvalue weighted by molar-refractivity contribution is 8.13. The van der Waals surface area contributed by atoms with E-state index < -0.39 is 0 Å². The van der Waals surface area contributed by atoms with Crippen LogP contribution in [-0.2, 0) is 4.79 Å². The molecule has 1 heterocycles. The van der Waals surface area contributed by atoms with Gasteiger partial charge in [-0.25, -0.2) is 0 Å². The minimum Gasteiger partial charge on any atom is -0.396 e. The number of carbonyl (C=O) groups excluding carboxylic acids is 2. The van der Waals surface area contributed by atoms with E-state index in [4.69, 9.17) is 5.11 Å². The number of nitrogens with zero attached hydrogens (tertiary/aromatic N) is 1. The number of amides is 2. The Morgan fingerprint density at radius 1 is 1.53 bits per heavy atom. The molecule has 0 bridgehead atoms. The average molecular weight is 288 g/mol. The van der Waals surface area contributed by atoms with Crippen LogP contribution >= 0.6 is 11.8 Å². The zero-order chi connectivity index (χ0) is 14.1. The van der Waals surface area contributed by atoms with Crippen LogP contribution in [0.15, 0.2) is 0 Å². The summed E-state index contributed by atoms with van der Waals surface area (Å²) in [5.41, 5.74) is 0. The van der Waals surface area contributed by atoms with Gasteiger partial charge in [-0.15, -0.1) is 0 Å². The normalized spacial score (nSPS) is 16.7. The molecule has 1 aliphatic rings. The first-order valence-electron chi connectivity index (χ1n) is 6.96. The van der Waals surface area contributed by atoms with Crippen molar-refractivity contribution in [2.24, 2.45) is 5.92 Å². The van der Waals surface area contributed by atoms with E-state index in [-0.39, 0.29) is 17.8 Å². The maximum Gasteiger partial charge on any atom is 0.281 e. The number of nitrogens with one attached hydrogen (secondary N) is 1. The van der Waals surface area contributed by atoms with Gasteiger partial charge in [0.05, 0.1) is 0 Å². The summed E-state index contributed by atoms with van der Waals surface area (Å²) in [4.78, 5) is 24.8. The molecule has 0 saturated carbocycles. The maximum atomic E-state index is 11.7. The third-order valence-electron chi connectivity index (χ3n) is 3.28. The van der Waals surface area contributed by atoms with Gasteiger partial charge in [0.1, 0.15) is 0 Å². The smallest absolute Gasteiger partial charge is 0.281 e. The standard InChI is InChI=1S/C13H24N2O3S/c1-2-3-11(5-8-16)10-14-12(17)4-6-15-7-9-19-13(15)18/h11,16H,2-10H2,1H3,(H,14,17). The molecule has 1 atom stereocenters. The minimum atomic E-state index is -0.0104. The Kier molecular flexibility index (Phi) is 7.90. The highest BCUT2D eigenvalue weighted by Gasteiger charge is 2.21. The van der Waals surface area contributed by atoms with Gasteiger partial charge in [-0.3, -0.25) is 9.59 Å². The van der Waals surface area contributed by atoms with Crippen LogP contribution in [-0.4, -0.2) is 53.1 Å². The van der Waals surface area contributed by atoms with E-state index in [0.29, 0.717) is 25.4 Å². The monoisotopic (exact) mass is 288 g/mol. The molecular formula is C13H24N2O3S. The van der Waals surface area contributed by atoms with E-state index in [9.17, 15) is 9.59 Å². The predicted molar refractivity (Wildman–Crippen MR) is 77.2 cm³/mol. The van der Waals surface area contributed by atoms with Crippen molar-refractivity contribution in [2.75, 3.05) is 32.0 Å². The van der Waals surface area contributed by atoms with E-state index in [1.807, 2.05) is 0 Å². The fraction of sp³-hybridized carbons (Fsp3) is 0.846. The van der Waals surface area contributed by atoms with E-state index in [1.165, 1.54) is 11.8 Å². The van der Waals surface area contributed by atoms with Crippen molar-refractivity contribution in [3.63, 3.8) is 0 Å².